The molecule has 0 saturated heterocycles. The highest BCUT2D eigenvalue weighted by molar-refractivity contribution is 6.52. The molecule has 0 aromatic heterocycles. The van der Waals surface area contributed by atoms with Gasteiger partial charge in [0.1, 0.15) is 0 Å². The molecule has 0 aromatic carbocycles. The molecule has 0 radical (unpaired) electrons. The van der Waals surface area contributed by atoms with Gasteiger partial charge in [-0.1, -0.05) is 0 Å². The van der Waals surface area contributed by atoms with Gasteiger partial charge in [0.15, 0.2) is 0 Å². The summed E-state index contributed by atoms with van der Waals surface area (Å²) in [4.78, 5) is 17.9. The molecule has 15 heavy (non-hydrogen) atoms. The fourth-order valence-corrected chi connectivity index (χ4v) is 2.17. The maximum Gasteiger partial charge on any atom is 0.701 e. The van der Waals surface area contributed by atoms with Gasteiger partial charge in [-0.3, -0.25) is 4.58 Å². The van der Waals surface area contributed by atoms with Crippen molar-refractivity contribution in [2.45, 2.75) is 25.7 Å². The summed E-state index contributed by atoms with van der Waals surface area (Å²) in [6.45, 7) is 2.49. The minimum absolute atomic E-state index is 0.869. The standard InChI is InChI=1S/C5H13F3O5Si2/c1-14(2)12-13-15(9,10)11-4-3-5(6,7)8/h9-10,14H,3-4H2,1-2H3. The molecule has 0 unspecified atom stereocenters. The highest BCUT2D eigenvalue weighted by atomic mass is 28.4. The Kier molecular flexibility index (Phi) is 5.94. The van der Waals surface area contributed by atoms with Gasteiger partial charge in [-0.2, -0.15) is 13.2 Å². The van der Waals surface area contributed by atoms with Crippen molar-refractivity contribution in [3.63, 3.8) is 0 Å². The topological polar surface area (TPSA) is 68.2 Å². The van der Waals surface area contributed by atoms with Crippen molar-refractivity contribution in [3.05, 3.63) is 0 Å². The summed E-state index contributed by atoms with van der Waals surface area (Å²) in [6, 6.07) is 0. The van der Waals surface area contributed by atoms with E-state index in [1.165, 1.54) is 0 Å². The van der Waals surface area contributed by atoms with E-state index in [9.17, 15) is 13.2 Å². The Morgan fingerprint density at radius 2 is 1.80 bits per heavy atom. The molecule has 0 spiro atoms. The number of hydrogen-bond donors (Lipinski definition) is 2. The van der Waals surface area contributed by atoms with Gasteiger partial charge in [0.2, 0.25) is 9.04 Å². The smallest absolute Gasteiger partial charge is 0.366 e. The lowest BCUT2D eigenvalue weighted by Gasteiger charge is -2.17. The molecule has 0 rings (SSSR count). The van der Waals surface area contributed by atoms with Gasteiger partial charge >= 0.3 is 15.2 Å². The highest BCUT2D eigenvalue weighted by Crippen LogP contribution is 2.19. The first kappa shape index (κ1) is 15.0. The average molecular weight is 266 g/mol. The minimum atomic E-state index is -4.55. The molecule has 5 nitrogen and oxygen atoms in total. The van der Waals surface area contributed by atoms with E-state index in [0.717, 1.165) is 0 Å². The Labute approximate surface area is 87.5 Å². The maximum atomic E-state index is 11.7. The Morgan fingerprint density at radius 1 is 1.27 bits per heavy atom. The predicted molar refractivity (Wildman–Crippen MR) is 47.9 cm³/mol. The van der Waals surface area contributed by atoms with Gasteiger partial charge in [-0.15, -0.1) is 0 Å². The van der Waals surface area contributed by atoms with Crippen molar-refractivity contribution in [3.8, 4) is 0 Å². The van der Waals surface area contributed by atoms with Gasteiger partial charge in [-0.25, -0.2) is 4.58 Å². The molecule has 0 aliphatic carbocycles. The Morgan fingerprint density at radius 3 is 2.20 bits per heavy atom. The van der Waals surface area contributed by atoms with Gasteiger partial charge in [0, 0.05) is 6.61 Å². The van der Waals surface area contributed by atoms with Crippen LogP contribution < -0.4 is 0 Å². The monoisotopic (exact) mass is 266 g/mol. The first-order chi connectivity index (χ1) is 6.62. The molecule has 10 heteroatoms. The molecular formula is C5H13F3O5Si2. The molecule has 0 bridgehead atoms. The van der Waals surface area contributed by atoms with Crippen LogP contribution in [0, 0.1) is 0 Å². The summed E-state index contributed by atoms with van der Waals surface area (Å²) >= 11 is 0. The molecule has 0 aromatic rings. The third kappa shape index (κ3) is 10.3. The third-order valence-corrected chi connectivity index (χ3v) is 2.59. The minimum Gasteiger partial charge on any atom is -0.366 e. The van der Waals surface area contributed by atoms with E-state index in [0.29, 0.717) is 0 Å². The van der Waals surface area contributed by atoms with E-state index >= 15 is 0 Å². The number of rotatable bonds is 6. The zero-order chi connectivity index (χ0) is 12.1. The summed E-state index contributed by atoms with van der Waals surface area (Å²) in [7, 11) is -6.20. The molecule has 0 saturated carbocycles. The quantitative estimate of drug-likeness (QED) is 0.411. The number of halogens is 3. The fourth-order valence-electron chi connectivity index (χ4n) is 0.483. The van der Waals surface area contributed by atoms with Gasteiger partial charge < -0.3 is 14.0 Å². The number of alkyl halides is 3. The molecule has 2 N–H and O–H groups in total. The van der Waals surface area contributed by atoms with Crippen LogP contribution in [-0.2, 0) is 13.6 Å². The van der Waals surface area contributed by atoms with Gasteiger partial charge in [-0.05, 0) is 13.1 Å². The van der Waals surface area contributed by atoms with Crippen LogP contribution in [0.2, 0.25) is 13.1 Å². The van der Waals surface area contributed by atoms with Gasteiger partial charge in [0.25, 0.3) is 0 Å². The second-order valence-electron chi connectivity index (χ2n) is 2.99. The second-order valence-corrected chi connectivity index (χ2v) is 6.83. The van der Waals surface area contributed by atoms with Crippen molar-refractivity contribution < 1.29 is 36.3 Å². The predicted octanol–water partition coefficient (Wildman–Crippen LogP) is 0.307. The van der Waals surface area contributed by atoms with Crippen molar-refractivity contribution >= 4 is 18.1 Å². The molecule has 0 heterocycles. The van der Waals surface area contributed by atoms with E-state index < -0.39 is 37.3 Å². The Bertz CT molecular complexity index is 186. The van der Waals surface area contributed by atoms with Crippen LogP contribution in [0.4, 0.5) is 13.2 Å². The molecule has 0 aliphatic heterocycles. The molecule has 0 aliphatic rings. The zero-order valence-corrected chi connectivity index (χ0v) is 10.4. The van der Waals surface area contributed by atoms with Crippen molar-refractivity contribution in [1.82, 2.24) is 0 Å². The van der Waals surface area contributed by atoms with E-state index in [-0.39, 0.29) is 0 Å². The first-order valence-corrected chi connectivity index (χ1v) is 8.61. The third-order valence-electron chi connectivity index (χ3n) is 1.02. The van der Waals surface area contributed by atoms with E-state index in [4.69, 9.17) is 9.59 Å². The zero-order valence-electron chi connectivity index (χ0n) is 8.24. The van der Waals surface area contributed by atoms with Crippen LogP contribution in [0.5, 0.6) is 0 Å². The lowest BCUT2D eigenvalue weighted by Crippen LogP contribution is -2.44. The largest absolute Gasteiger partial charge is 0.701 e. The fraction of sp³-hybridized carbons (Fsp3) is 1.00. The van der Waals surface area contributed by atoms with Crippen LogP contribution in [0.25, 0.3) is 0 Å². The summed E-state index contributed by atoms with van der Waals surface area (Å²) < 4.78 is 47.7. The molecular weight excluding hydrogens is 253 g/mol. The van der Waals surface area contributed by atoms with Crippen LogP contribution in [0.15, 0.2) is 0 Å². The van der Waals surface area contributed by atoms with Crippen LogP contribution >= 0.6 is 0 Å². The first-order valence-electron chi connectivity index (χ1n) is 4.12. The molecule has 92 valence electrons. The lowest BCUT2D eigenvalue weighted by molar-refractivity contribution is -0.196. The van der Waals surface area contributed by atoms with Crippen LogP contribution in [0.1, 0.15) is 6.42 Å². The lowest BCUT2D eigenvalue weighted by atomic mass is 10.5. The summed E-state index contributed by atoms with van der Waals surface area (Å²) in [6.07, 6.45) is -5.68. The summed E-state index contributed by atoms with van der Waals surface area (Å²) in [5.41, 5.74) is 0. The average Bonchev–Trinajstić information content (AvgIpc) is 1.98. The number of hydrogen-bond acceptors (Lipinski definition) is 5. The van der Waals surface area contributed by atoms with Crippen molar-refractivity contribution in [2.24, 2.45) is 0 Å². The highest BCUT2D eigenvalue weighted by Gasteiger charge is 2.40. The molecule has 0 amide bonds. The van der Waals surface area contributed by atoms with Gasteiger partial charge in [0.05, 0.1) is 6.42 Å². The summed E-state index contributed by atoms with van der Waals surface area (Å²) in [5.74, 6) is 0. The van der Waals surface area contributed by atoms with Crippen LogP contribution in [0.3, 0.4) is 0 Å². The molecule has 0 fully saturated rings. The normalized spacial score (nSPS) is 13.6. The van der Waals surface area contributed by atoms with E-state index in [1.807, 2.05) is 0 Å². The van der Waals surface area contributed by atoms with Crippen molar-refractivity contribution in [1.29, 1.82) is 0 Å². The maximum absolute atomic E-state index is 11.7. The Hall–Kier alpha value is 0.0238. The second kappa shape index (κ2) is 5.93. The van der Waals surface area contributed by atoms with Crippen LogP contribution in [-0.4, -0.2) is 40.5 Å². The van der Waals surface area contributed by atoms with Crippen molar-refractivity contribution in [2.75, 3.05) is 6.61 Å². The van der Waals surface area contributed by atoms with E-state index in [1.54, 1.807) is 13.1 Å². The van der Waals surface area contributed by atoms with E-state index in [2.05, 4.69) is 13.6 Å². The SMILES string of the molecule is C[SiH](C)OO[Si](O)(O)OCCC(F)(F)F. The Balaban J connectivity index is 3.74. The summed E-state index contributed by atoms with van der Waals surface area (Å²) in [5, 5.41) is 0. The molecule has 0 atom stereocenters.